The van der Waals surface area contributed by atoms with E-state index in [0.29, 0.717) is 13.0 Å². The molecule has 2 heteroatoms. The molecule has 0 amide bonds. The number of allylic oxidation sites excluding steroid dienone is 2. The number of hydrogen-bond donors (Lipinski definition) is 0. The van der Waals surface area contributed by atoms with Gasteiger partial charge in [-0.2, -0.15) is 0 Å². The van der Waals surface area contributed by atoms with Crippen molar-refractivity contribution in [2.75, 3.05) is 6.61 Å². The molecule has 0 bridgehead atoms. The molecule has 0 aromatic carbocycles. The van der Waals surface area contributed by atoms with Crippen molar-refractivity contribution in [1.29, 1.82) is 0 Å². The lowest BCUT2D eigenvalue weighted by Crippen LogP contribution is -2.03. The molecule has 0 radical (unpaired) electrons. The van der Waals surface area contributed by atoms with Gasteiger partial charge in [-0.3, -0.25) is 4.79 Å². The summed E-state index contributed by atoms with van der Waals surface area (Å²) in [6.45, 7) is 4.62. The lowest BCUT2D eigenvalue weighted by molar-refractivity contribution is -0.143. The van der Waals surface area contributed by atoms with Crippen LogP contribution in [-0.4, -0.2) is 12.6 Å². The van der Waals surface area contributed by atoms with Crippen molar-refractivity contribution >= 4 is 5.97 Å². The summed E-state index contributed by atoms with van der Waals surface area (Å²) in [7, 11) is 0. The molecule has 0 saturated carbocycles. The standard InChI is InChI=1S/C19H36O2/c1-3-5-6-7-8-9-10-11-12-13-14-15-16-17-18-19(20)21-4-2/h9-10H,3-8,11-18H2,1-2H3/b10-9-. The fraction of sp³-hybridized carbons (Fsp3) is 0.842. The topological polar surface area (TPSA) is 26.3 Å². The maximum atomic E-state index is 11.1. The quantitative estimate of drug-likeness (QED) is 0.204. The van der Waals surface area contributed by atoms with Crippen molar-refractivity contribution in [2.24, 2.45) is 0 Å². The van der Waals surface area contributed by atoms with Crippen molar-refractivity contribution in [2.45, 2.75) is 97.3 Å². The molecule has 0 fully saturated rings. The van der Waals surface area contributed by atoms with Crippen LogP contribution in [-0.2, 0) is 9.53 Å². The van der Waals surface area contributed by atoms with Crippen LogP contribution in [0.5, 0.6) is 0 Å². The second-order valence-electron chi connectivity index (χ2n) is 5.79. The van der Waals surface area contributed by atoms with Crippen LogP contribution in [0.3, 0.4) is 0 Å². The molecule has 0 heterocycles. The van der Waals surface area contributed by atoms with E-state index in [9.17, 15) is 4.79 Å². The number of carbonyl (C=O) groups excluding carboxylic acids is 1. The average Bonchev–Trinajstić information content (AvgIpc) is 2.48. The van der Waals surface area contributed by atoms with E-state index >= 15 is 0 Å². The number of rotatable bonds is 15. The molecule has 0 aromatic heterocycles. The minimum atomic E-state index is -0.0402. The van der Waals surface area contributed by atoms with Crippen LogP contribution < -0.4 is 0 Å². The van der Waals surface area contributed by atoms with Gasteiger partial charge in [-0.25, -0.2) is 0 Å². The van der Waals surface area contributed by atoms with E-state index in [1.807, 2.05) is 6.92 Å². The van der Waals surface area contributed by atoms with Gasteiger partial charge in [0.15, 0.2) is 0 Å². The lowest BCUT2D eigenvalue weighted by Gasteiger charge is -2.02. The first-order valence-electron chi connectivity index (χ1n) is 9.11. The van der Waals surface area contributed by atoms with Gasteiger partial charge < -0.3 is 4.74 Å². The van der Waals surface area contributed by atoms with Crippen LogP contribution in [0.1, 0.15) is 97.3 Å². The van der Waals surface area contributed by atoms with E-state index in [4.69, 9.17) is 4.74 Å². The first-order chi connectivity index (χ1) is 10.3. The number of carbonyl (C=O) groups is 1. The highest BCUT2D eigenvalue weighted by Crippen LogP contribution is 2.10. The van der Waals surface area contributed by atoms with E-state index in [0.717, 1.165) is 12.8 Å². The Morgan fingerprint density at radius 2 is 1.29 bits per heavy atom. The van der Waals surface area contributed by atoms with Crippen LogP contribution in [0, 0.1) is 0 Å². The summed E-state index contributed by atoms with van der Waals surface area (Å²) in [6, 6.07) is 0. The highest BCUT2D eigenvalue weighted by molar-refractivity contribution is 5.69. The molecule has 0 aromatic rings. The van der Waals surface area contributed by atoms with Gasteiger partial charge in [0.2, 0.25) is 0 Å². The van der Waals surface area contributed by atoms with Gasteiger partial charge >= 0.3 is 5.97 Å². The second kappa shape index (κ2) is 17.3. The van der Waals surface area contributed by atoms with Crippen molar-refractivity contribution in [3.05, 3.63) is 12.2 Å². The summed E-state index contributed by atoms with van der Waals surface area (Å²) in [5.74, 6) is -0.0402. The number of unbranched alkanes of at least 4 members (excludes halogenated alkanes) is 10. The largest absolute Gasteiger partial charge is 0.466 e. The van der Waals surface area contributed by atoms with E-state index < -0.39 is 0 Å². The van der Waals surface area contributed by atoms with Gasteiger partial charge in [0.1, 0.15) is 0 Å². The second-order valence-corrected chi connectivity index (χ2v) is 5.79. The van der Waals surface area contributed by atoms with Crippen molar-refractivity contribution in [3.8, 4) is 0 Å². The Bertz CT molecular complexity index is 246. The molecule has 0 rings (SSSR count). The molecular weight excluding hydrogens is 260 g/mol. The predicted molar refractivity (Wildman–Crippen MR) is 91.5 cm³/mol. The molecule has 0 N–H and O–H groups in total. The maximum absolute atomic E-state index is 11.1. The lowest BCUT2D eigenvalue weighted by atomic mass is 10.1. The third-order valence-corrected chi connectivity index (χ3v) is 3.70. The van der Waals surface area contributed by atoms with E-state index in [2.05, 4.69) is 19.1 Å². The molecular formula is C19H36O2. The summed E-state index contributed by atoms with van der Waals surface area (Å²) >= 11 is 0. The van der Waals surface area contributed by atoms with Crippen LogP contribution in [0.15, 0.2) is 12.2 Å². The third-order valence-electron chi connectivity index (χ3n) is 3.70. The highest BCUT2D eigenvalue weighted by atomic mass is 16.5. The monoisotopic (exact) mass is 296 g/mol. The number of hydrogen-bond acceptors (Lipinski definition) is 2. The van der Waals surface area contributed by atoms with Crippen LogP contribution in [0.4, 0.5) is 0 Å². The maximum Gasteiger partial charge on any atom is 0.305 e. The van der Waals surface area contributed by atoms with Gasteiger partial charge in [-0.1, -0.05) is 64.0 Å². The predicted octanol–water partition coefficient (Wildman–Crippen LogP) is 6.20. The van der Waals surface area contributed by atoms with E-state index in [1.54, 1.807) is 0 Å². The van der Waals surface area contributed by atoms with Gasteiger partial charge in [0.25, 0.3) is 0 Å². The van der Waals surface area contributed by atoms with Crippen LogP contribution in [0.2, 0.25) is 0 Å². The molecule has 0 atom stereocenters. The van der Waals surface area contributed by atoms with Crippen molar-refractivity contribution in [3.63, 3.8) is 0 Å². The molecule has 0 unspecified atom stereocenters. The summed E-state index contributed by atoms with van der Waals surface area (Å²) in [5, 5.41) is 0. The molecule has 0 aliphatic rings. The Morgan fingerprint density at radius 3 is 1.86 bits per heavy atom. The molecule has 2 nitrogen and oxygen atoms in total. The van der Waals surface area contributed by atoms with Gasteiger partial charge in [-0.05, 0) is 39.0 Å². The Labute approximate surface area is 132 Å². The van der Waals surface area contributed by atoms with E-state index in [1.165, 1.54) is 64.2 Å². The number of esters is 1. The summed E-state index contributed by atoms with van der Waals surface area (Å²) in [6.07, 6.45) is 20.5. The molecule has 0 aliphatic heterocycles. The molecule has 21 heavy (non-hydrogen) atoms. The fourth-order valence-electron chi connectivity index (χ4n) is 2.40. The van der Waals surface area contributed by atoms with Crippen molar-refractivity contribution in [1.82, 2.24) is 0 Å². The Kier molecular flexibility index (Phi) is 16.6. The first kappa shape index (κ1) is 20.2. The van der Waals surface area contributed by atoms with E-state index in [-0.39, 0.29) is 5.97 Å². The van der Waals surface area contributed by atoms with Gasteiger partial charge in [0, 0.05) is 6.42 Å². The Hall–Kier alpha value is -0.790. The molecule has 0 saturated heterocycles. The SMILES string of the molecule is CCCCCC/C=C\CCCCCCCCC(=O)OCC. The molecule has 0 aliphatic carbocycles. The smallest absolute Gasteiger partial charge is 0.305 e. The molecule has 124 valence electrons. The van der Waals surface area contributed by atoms with Gasteiger partial charge in [-0.15, -0.1) is 0 Å². The minimum absolute atomic E-state index is 0.0402. The first-order valence-corrected chi connectivity index (χ1v) is 9.11. The Balaban J connectivity index is 3.11. The summed E-state index contributed by atoms with van der Waals surface area (Å²) in [5.41, 5.74) is 0. The van der Waals surface area contributed by atoms with Crippen LogP contribution in [0.25, 0.3) is 0 Å². The zero-order valence-corrected chi connectivity index (χ0v) is 14.4. The highest BCUT2D eigenvalue weighted by Gasteiger charge is 2.00. The molecule has 0 spiro atoms. The van der Waals surface area contributed by atoms with Crippen LogP contribution >= 0.6 is 0 Å². The zero-order valence-electron chi connectivity index (χ0n) is 14.4. The fourth-order valence-corrected chi connectivity index (χ4v) is 2.40. The van der Waals surface area contributed by atoms with Gasteiger partial charge in [0.05, 0.1) is 6.61 Å². The normalized spacial score (nSPS) is 11.1. The minimum Gasteiger partial charge on any atom is -0.466 e. The zero-order chi connectivity index (χ0) is 15.6. The third kappa shape index (κ3) is 17.2. The summed E-state index contributed by atoms with van der Waals surface area (Å²) < 4.78 is 4.91. The Morgan fingerprint density at radius 1 is 0.762 bits per heavy atom. The van der Waals surface area contributed by atoms with Crippen molar-refractivity contribution < 1.29 is 9.53 Å². The summed E-state index contributed by atoms with van der Waals surface area (Å²) in [4.78, 5) is 11.1. The average molecular weight is 296 g/mol. The number of ether oxygens (including phenoxy) is 1.